The molecule has 2 atom stereocenters. The van der Waals surface area contributed by atoms with Gasteiger partial charge in [0.2, 0.25) is 5.91 Å². The molecule has 0 aliphatic rings. The van der Waals surface area contributed by atoms with Crippen LogP contribution in [0.25, 0.3) is 0 Å². The molecular weight excluding hydrogens is 254 g/mol. The topological polar surface area (TPSA) is 68.0 Å². The number of thiazole rings is 1. The normalized spacial score (nSPS) is 14.1. The van der Waals surface area contributed by atoms with E-state index in [2.05, 4.69) is 10.3 Å². The Labute approximate surface area is 111 Å². The van der Waals surface area contributed by atoms with E-state index in [4.69, 9.17) is 18.0 Å². The summed E-state index contributed by atoms with van der Waals surface area (Å²) in [6.07, 6.45) is 0.616. The summed E-state index contributed by atoms with van der Waals surface area (Å²) in [5.41, 5.74) is 6.49. The average Bonchev–Trinajstić information content (AvgIpc) is 2.65. The summed E-state index contributed by atoms with van der Waals surface area (Å²) in [6, 6.07) is -0.107. The highest BCUT2D eigenvalue weighted by atomic mass is 32.1. The molecule has 2 unspecified atom stereocenters. The zero-order valence-corrected chi connectivity index (χ0v) is 11.8. The Morgan fingerprint density at radius 1 is 1.71 bits per heavy atom. The van der Waals surface area contributed by atoms with Gasteiger partial charge < -0.3 is 11.1 Å². The van der Waals surface area contributed by atoms with Gasteiger partial charge in [0, 0.05) is 11.1 Å². The Kier molecular flexibility index (Phi) is 5.02. The number of nitrogens with one attached hydrogen (secondary N) is 1. The molecule has 0 bridgehead atoms. The lowest BCUT2D eigenvalue weighted by Gasteiger charge is -2.16. The van der Waals surface area contributed by atoms with Crippen LogP contribution >= 0.6 is 23.6 Å². The van der Waals surface area contributed by atoms with Gasteiger partial charge in [-0.3, -0.25) is 4.79 Å². The average molecular weight is 271 g/mol. The summed E-state index contributed by atoms with van der Waals surface area (Å²) in [5.74, 6) is -0.520. The Hall–Kier alpha value is -1.01. The molecule has 1 aromatic heterocycles. The van der Waals surface area contributed by atoms with Crippen molar-refractivity contribution in [3.8, 4) is 0 Å². The number of carbonyl (C=O) groups excluding carboxylic acids is 1. The van der Waals surface area contributed by atoms with Crippen LogP contribution in [0.4, 0.5) is 0 Å². The lowest BCUT2D eigenvalue weighted by Crippen LogP contribution is -2.38. The number of hydrogen-bond donors (Lipinski definition) is 2. The molecule has 0 aromatic carbocycles. The highest BCUT2D eigenvalue weighted by Crippen LogP contribution is 2.18. The molecule has 1 amide bonds. The molecule has 94 valence electrons. The van der Waals surface area contributed by atoms with E-state index < -0.39 is 5.92 Å². The first-order chi connectivity index (χ1) is 7.95. The first-order valence-electron chi connectivity index (χ1n) is 5.47. The van der Waals surface area contributed by atoms with Gasteiger partial charge in [-0.25, -0.2) is 4.98 Å². The van der Waals surface area contributed by atoms with Crippen LogP contribution in [0.2, 0.25) is 0 Å². The van der Waals surface area contributed by atoms with Crippen molar-refractivity contribution in [2.45, 2.75) is 33.2 Å². The van der Waals surface area contributed by atoms with Crippen LogP contribution in [0.1, 0.15) is 37.0 Å². The van der Waals surface area contributed by atoms with Crippen molar-refractivity contribution in [1.29, 1.82) is 0 Å². The minimum atomic E-state index is -0.395. The molecule has 0 radical (unpaired) electrons. The highest BCUT2D eigenvalue weighted by Gasteiger charge is 2.22. The fourth-order valence-corrected chi connectivity index (χ4v) is 2.54. The molecule has 1 rings (SSSR count). The first kappa shape index (κ1) is 14.1. The summed E-state index contributed by atoms with van der Waals surface area (Å²) in [7, 11) is 0. The minimum Gasteiger partial charge on any atom is -0.393 e. The van der Waals surface area contributed by atoms with Crippen molar-refractivity contribution < 1.29 is 4.79 Å². The lowest BCUT2D eigenvalue weighted by molar-refractivity contribution is -0.123. The van der Waals surface area contributed by atoms with Gasteiger partial charge in [0.1, 0.15) is 5.01 Å². The number of carbonyl (C=O) groups is 1. The number of hydrogen-bond acceptors (Lipinski definition) is 4. The molecule has 1 heterocycles. The van der Waals surface area contributed by atoms with Gasteiger partial charge in [-0.05, 0) is 20.3 Å². The van der Waals surface area contributed by atoms with E-state index in [-0.39, 0.29) is 16.9 Å². The summed E-state index contributed by atoms with van der Waals surface area (Å²) < 4.78 is 0. The van der Waals surface area contributed by atoms with Crippen molar-refractivity contribution in [3.63, 3.8) is 0 Å². The highest BCUT2D eigenvalue weighted by molar-refractivity contribution is 7.80. The maximum absolute atomic E-state index is 11.9. The summed E-state index contributed by atoms with van der Waals surface area (Å²) in [4.78, 5) is 16.5. The molecule has 3 N–H and O–H groups in total. The first-order valence-corrected chi connectivity index (χ1v) is 6.76. The molecule has 0 fully saturated rings. The van der Waals surface area contributed by atoms with E-state index in [1.165, 1.54) is 11.3 Å². The van der Waals surface area contributed by atoms with Crippen LogP contribution in [-0.2, 0) is 4.79 Å². The Morgan fingerprint density at radius 2 is 2.35 bits per heavy atom. The van der Waals surface area contributed by atoms with Crippen molar-refractivity contribution >= 4 is 34.5 Å². The fourth-order valence-electron chi connectivity index (χ4n) is 1.46. The van der Waals surface area contributed by atoms with E-state index in [9.17, 15) is 4.79 Å². The van der Waals surface area contributed by atoms with Gasteiger partial charge >= 0.3 is 0 Å². The lowest BCUT2D eigenvalue weighted by atomic mass is 10.1. The number of aromatic nitrogens is 1. The van der Waals surface area contributed by atoms with Crippen molar-refractivity contribution in [2.24, 2.45) is 11.7 Å². The van der Waals surface area contributed by atoms with Gasteiger partial charge in [0.15, 0.2) is 0 Å². The van der Waals surface area contributed by atoms with Crippen molar-refractivity contribution in [3.05, 3.63) is 16.1 Å². The smallest absolute Gasteiger partial charge is 0.230 e. The largest absolute Gasteiger partial charge is 0.393 e. The number of amides is 1. The third-order valence-electron chi connectivity index (χ3n) is 2.43. The maximum atomic E-state index is 11.9. The van der Waals surface area contributed by atoms with Gasteiger partial charge in [-0.1, -0.05) is 19.1 Å². The van der Waals surface area contributed by atoms with Crippen molar-refractivity contribution in [2.75, 3.05) is 0 Å². The van der Waals surface area contributed by atoms with Gasteiger partial charge in [-0.15, -0.1) is 11.3 Å². The Morgan fingerprint density at radius 3 is 2.76 bits per heavy atom. The molecule has 17 heavy (non-hydrogen) atoms. The Balaban J connectivity index is 2.65. The third-order valence-corrected chi connectivity index (χ3v) is 3.86. The quantitative estimate of drug-likeness (QED) is 0.803. The van der Waals surface area contributed by atoms with Crippen LogP contribution in [-0.4, -0.2) is 15.9 Å². The second-order valence-corrected chi connectivity index (χ2v) is 5.28. The summed E-state index contributed by atoms with van der Waals surface area (Å²) in [6.45, 7) is 5.72. The number of rotatable bonds is 5. The molecule has 1 aromatic rings. The molecular formula is C11H17N3OS2. The zero-order chi connectivity index (χ0) is 13.0. The number of thiocarbonyl (C=S) groups is 1. The van der Waals surface area contributed by atoms with Crippen LogP contribution in [0.5, 0.6) is 0 Å². The number of aryl methyl sites for hydroxylation is 1. The van der Waals surface area contributed by atoms with Crippen LogP contribution in [0, 0.1) is 12.8 Å². The maximum Gasteiger partial charge on any atom is 0.230 e. The standard InChI is InChI=1S/C11H17N3OS2/c1-4-8(9(12)16)10(15)14-7(3)11-13-6(2)5-17-11/h5,7-8H,4H2,1-3H3,(H2,12,16)(H,14,15). The minimum absolute atomic E-state index is 0.107. The number of nitrogens with zero attached hydrogens (tertiary/aromatic N) is 1. The second-order valence-electron chi connectivity index (χ2n) is 3.92. The van der Waals surface area contributed by atoms with Gasteiger partial charge in [0.25, 0.3) is 0 Å². The van der Waals surface area contributed by atoms with Gasteiger partial charge in [0.05, 0.1) is 16.9 Å². The van der Waals surface area contributed by atoms with E-state index >= 15 is 0 Å². The summed E-state index contributed by atoms with van der Waals surface area (Å²) >= 11 is 6.41. The molecule has 0 aliphatic carbocycles. The number of nitrogens with two attached hydrogens (primary N) is 1. The second kappa shape index (κ2) is 6.07. The van der Waals surface area contributed by atoms with Crippen LogP contribution < -0.4 is 11.1 Å². The SMILES string of the molecule is CCC(C(=O)NC(C)c1nc(C)cs1)C(N)=S. The molecule has 0 saturated heterocycles. The molecule has 0 spiro atoms. The molecule has 0 saturated carbocycles. The summed E-state index contributed by atoms with van der Waals surface area (Å²) in [5, 5.41) is 5.74. The van der Waals surface area contributed by atoms with Gasteiger partial charge in [-0.2, -0.15) is 0 Å². The van der Waals surface area contributed by atoms with Crippen LogP contribution in [0.3, 0.4) is 0 Å². The van der Waals surface area contributed by atoms with E-state index in [1.54, 1.807) is 0 Å². The third kappa shape index (κ3) is 3.74. The fraction of sp³-hybridized carbons (Fsp3) is 0.545. The van der Waals surface area contributed by atoms with E-state index in [1.807, 2.05) is 26.2 Å². The Bertz CT molecular complexity index is 417. The molecule has 0 aliphatic heterocycles. The molecule has 4 nitrogen and oxygen atoms in total. The zero-order valence-electron chi connectivity index (χ0n) is 10.2. The molecule has 6 heteroatoms. The predicted molar refractivity (Wildman–Crippen MR) is 74.0 cm³/mol. The van der Waals surface area contributed by atoms with E-state index in [0.717, 1.165) is 10.7 Å². The van der Waals surface area contributed by atoms with Crippen molar-refractivity contribution in [1.82, 2.24) is 10.3 Å². The predicted octanol–water partition coefficient (Wildman–Crippen LogP) is 1.94. The van der Waals surface area contributed by atoms with E-state index in [0.29, 0.717) is 6.42 Å². The monoisotopic (exact) mass is 271 g/mol. The van der Waals surface area contributed by atoms with Crippen LogP contribution in [0.15, 0.2) is 5.38 Å².